The second-order valence-electron chi connectivity index (χ2n) is 5.52. The SMILES string of the molecule is Cc1cccc([C@H]2CN2N2C(=O)c3ccccc3C2=O)c1. The zero-order chi connectivity index (χ0) is 14.6. The molecule has 0 radical (unpaired) electrons. The van der Waals surface area contributed by atoms with Crippen LogP contribution in [0.15, 0.2) is 48.5 Å². The second kappa shape index (κ2) is 4.27. The maximum atomic E-state index is 12.4. The van der Waals surface area contributed by atoms with Crippen LogP contribution in [-0.2, 0) is 0 Å². The first-order chi connectivity index (χ1) is 10.2. The summed E-state index contributed by atoms with van der Waals surface area (Å²) in [6.07, 6.45) is 0. The minimum absolute atomic E-state index is 0.118. The standard InChI is InChI=1S/C17H14N2O2/c1-11-5-4-6-12(9-11)15-10-18(15)19-16(20)13-7-2-3-8-14(13)17(19)21/h2-9,15H,10H2,1H3/t15-,18?/m1/s1. The van der Waals surface area contributed by atoms with Crippen molar-refractivity contribution < 1.29 is 9.59 Å². The Kier molecular flexibility index (Phi) is 2.50. The average Bonchev–Trinajstić information content (AvgIpc) is 3.23. The number of imide groups is 1. The van der Waals surface area contributed by atoms with E-state index in [-0.39, 0.29) is 17.9 Å². The van der Waals surface area contributed by atoms with Gasteiger partial charge in [-0.3, -0.25) is 9.59 Å². The van der Waals surface area contributed by atoms with Crippen molar-refractivity contribution in [1.82, 2.24) is 10.0 Å². The molecule has 2 aliphatic heterocycles. The van der Waals surface area contributed by atoms with Crippen molar-refractivity contribution in [2.45, 2.75) is 13.0 Å². The van der Waals surface area contributed by atoms with Gasteiger partial charge in [0.05, 0.1) is 17.2 Å². The molecule has 21 heavy (non-hydrogen) atoms. The number of carbonyl (C=O) groups excluding carboxylic acids is 2. The number of rotatable bonds is 2. The number of amides is 2. The predicted octanol–water partition coefficient (Wildman–Crippen LogP) is 2.56. The topological polar surface area (TPSA) is 40.4 Å². The van der Waals surface area contributed by atoms with E-state index in [1.54, 1.807) is 24.3 Å². The molecule has 0 bridgehead atoms. The highest BCUT2D eigenvalue weighted by Crippen LogP contribution is 2.40. The molecule has 1 fully saturated rings. The van der Waals surface area contributed by atoms with Crippen LogP contribution in [0.2, 0.25) is 0 Å². The molecule has 1 unspecified atom stereocenters. The van der Waals surface area contributed by atoms with E-state index in [0.29, 0.717) is 17.7 Å². The Labute approximate surface area is 122 Å². The van der Waals surface area contributed by atoms with E-state index in [1.807, 2.05) is 30.1 Å². The summed E-state index contributed by atoms with van der Waals surface area (Å²) in [7, 11) is 0. The van der Waals surface area contributed by atoms with Gasteiger partial charge in [-0.25, -0.2) is 5.01 Å². The van der Waals surface area contributed by atoms with Crippen molar-refractivity contribution in [1.29, 1.82) is 0 Å². The first-order valence-electron chi connectivity index (χ1n) is 6.98. The lowest BCUT2D eigenvalue weighted by Crippen LogP contribution is -2.35. The summed E-state index contributed by atoms with van der Waals surface area (Å²) >= 11 is 0. The Morgan fingerprint density at radius 1 is 0.952 bits per heavy atom. The Morgan fingerprint density at radius 3 is 2.24 bits per heavy atom. The van der Waals surface area contributed by atoms with Gasteiger partial charge in [0.2, 0.25) is 0 Å². The third-order valence-electron chi connectivity index (χ3n) is 4.04. The van der Waals surface area contributed by atoms with E-state index in [1.165, 1.54) is 10.6 Å². The van der Waals surface area contributed by atoms with Crippen molar-refractivity contribution in [3.05, 3.63) is 70.8 Å². The van der Waals surface area contributed by atoms with Gasteiger partial charge in [0.1, 0.15) is 0 Å². The molecule has 0 saturated carbocycles. The molecule has 4 rings (SSSR count). The molecule has 2 aliphatic rings. The van der Waals surface area contributed by atoms with Crippen molar-refractivity contribution in [2.75, 3.05) is 6.54 Å². The summed E-state index contributed by atoms with van der Waals surface area (Å²) in [5.41, 5.74) is 3.32. The van der Waals surface area contributed by atoms with Gasteiger partial charge in [0.25, 0.3) is 11.8 Å². The number of benzene rings is 2. The molecule has 2 heterocycles. The number of fused-ring (bicyclic) bond motifs is 1. The van der Waals surface area contributed by atoms with Crippen LogP contribution < -0.4 is 0 Å². The molecule has 2 amide bonds. The van der Waals surface area contributed by atoms with Crippen LogP contribution in [0.25, 0.3) is 0 Å². The fraction of sp³-hybridized carbons (Fsp3) is 0.176. The fourth-order valence-electron chi connectivity index (χ4n) is 2.92. The number of hydrogen-bond donors (Lipinski definition) is 0. The molecule has 104 valence electrons. The molecule has 2 aromatic rings. The third-order valence-corrected chi connectivity index (χ3v) is 4.04. The lowest BCUT2D eigenvalue weighted by molar-refractivity contribution is 0.0370. The Morgan fingerprint density at radius 2 is 1.62 bits per heavy atom. The largest absolute Gasteiger partial charge is 0.276 e. The summed E-state index contributed by atoms with van der Waals surface area (Å²) in [6, 6.07) is 15.3. The molecular formula is C17H14N2O2. The smallest absolute Gasteiger partial charge is 0.267 e. The highest BCUT2D eigenvalue weighted by atomic mass is 16.2. The van der Waals surface area contributed by atoms with E-state index in [2.05, 4.69) is 6.07 Å². The first-order valence-corrected chi connectivity index (χ1v) is 6.98. The Balaban J connectivity index is 1.63. The average molecular weight is 278 g/mol. The van der Waals surface area contributed by atoms with Crippen molar-refractivity contribution in [3.8, 4) is 0 Å². The maximum absolute atomic E-state index is 12.4. The molecule has 4 heteroatoms. The van der Waals surface area contributed by atoms with Crippen molar-refractivity contribution in [3.63, 3.8) is 0 Å². The van der Waals surface area contributed by atoms with Crippen LogP contribution in [0.3, 0.4) is 0 Å². The Hall–Kier alpha value is -2.46. The van der Waals surface area contributed by atoms with Crippen LogP contribution in [0.5, 0.6) is 0 Å². The van der Waals surface area contributed by atoms with Gasteiger partial charge in [-0.1, -0.05) is 42.0 Å². The number of nitrogens with zero attached hydrogens (tertiary/aromatic N) is 2. The molecular weight excluding hydrogens is 264 g/mol. The molecule has 2 atom stereocenters. The van der Waals surface area contributed by atoms with Crippen molar-refractivity contribution >= 4 is 11.8 Å². The first kappa shape index (κ1) is 12.3. The highest BCUT2D eigenvalue weighted by molar-refractivity contribution is 6.21. The minimum atomic E-state index is -0.217. The summed E-state index contributed by atoms with van der Waals surface area (Å²) in [4.78, 5) is 24.8. The summed E-state index contributed by atoms with van der Waals surface area (Å²) in [5.74, 6) is -0.434. The second-order valence-corrected chi connectivity index (χ2v) is 5.52. The van der Waals surface area contributed by atoms with E-state index < -0.39 is 0 Å². The number of hydrogen-bond acceptors (Lipinski definition) is 3. The summed E-state index contributed by atoms with van der Waals surface area (Å²) < 4.78 is 0. The number of hydrazine groups is 1. The van der Waals surface area contributed by atoms with Crippen LogP contribution in [0, 0.1) is 6.92 Å². The van der Waals surface area contributed by atoms with Gasteiger partial charge in [0.15, 0.2) is 0 Å². The van der Waals surface area contributed by atoms with Crippen molar-refractivity contribution in [2.24, 2.45) is 0 Å². The van der Waals surface area contributed by atoms with E-state index in [4.69, 9.17) is 0 Å². The number of aryl methyl sites for hydroxylation is 1. The molecule has 0 N–H and O–H groups in total. The van der Waals surface area contributed by atoms with Crippen LogP contribution >= 0.6 is 0 Å². The fourth-order valence-corrected chi connectivity index (χ4v) is 2.92. The molecule has 0 spiro atoms. The van der Waals surface area contributed by atoms with E-state index in [0.717, 1.165) is 5.56 Å². The molecule has 4 nitrogen and oxygen atoms in total. The van der Waals surface area contributed by atoms with Crippen LogP contribution in [0.4, 0.5) is 0 Å². The third kappa shape index (κ3) is 1.80. The zero-order valence-corrected chi connectivity index (χ0v) is 11.6. The quantitative estimate of drug-likeness (QED) is 0.626. The lowest BCUT2D eigenvalue weighted by Gasteiger charge is -2.15. The maximum Gasteiger partial charge on any atom is 0.276 e. The lowest BCUT2D eigenvalue weighted by atomic mass is 10.1. The molecule has 0 aliphatic carbocycles. The van der Waals surface area contributed by atoms with Crippen LogP contribution in [-0.4, -0.2) is 28.4 Å². The minimum Gasteiger partial charge on any atom is -0.267 e. The zero-order valence-electron chi connectivity index (χ0n) is 11.6. The summed E-state index contributed by atoms with van der Waals surface area (Å²) in [5, 5.41) is 3.12. The highest BCUT2D eigenvalue weighted by Gasteiger charge is 2.49. The normalized spacial score (nSPS) is 23.4. The van der Waals surface area contributed by atoms with Gasteiger partial charge in [0, 0.05) is 6.54 Å². The number of carbonyl (C=O) groups is 2. The Bertz CT molecular complexity index is 734. The molecule has 1 saturated heterocycles. The molecule has 2 aromatic carbocycles. The van der Waals surface area contributed by atoms with Gasteiger partial charge < -0.3 is 0 Å². The van der Waals surface area contributed by atoms with Gasteiger partial charge in [-0.2, -0.15) is 5.01 Å². The predicted molar refractivity (Wildman–Crippen MR) is 77.6 cm³/mol. The van der Waals surface area contributed by atoms with Gasteiger partial charge in [-0.05, 0) is 24.6 Å². The van der Waals surface area contributed by atoms with E-state index >= 15 is 0 Å². The van der Waals surface area contributed by atoms with Gasteiger partial charge >= 0.3 is 0 Å². The van der Waals surface area contributed by atoms with Crippen LogP contribution in [0.1, 0.15) is 37.9 Å². The monoisotopic (exact) mass is 278 g/mol. The summed E-state index contributed by atoms with van der Waals surface area (Å²) in [6.45, 7) is 2.74. The van der Waals surface area contributed by atoms with Gasteiger partial charge in [-0.15, -0.1) is 0 Å². The van der Waals surface area contributed by atoms with E-state index in [9.17, 15) is 9.59 Å². The molecule has 0 aromatic heterocycles.